The second-order valence-corrected chi connectivity index (χ2v) is 8.10. The van der Waals surface area contributed by atoms with Crippen molar-refractivity contribution in [2.75, 3.05) is 11.9 Å². The fourth-order valence-electron chi connectivity index (χ4n) is 2.44. The van der Waals surface area contributed by atoms with Gasteiger partial charge in [0.2, 0.25) is 11.8 Å². The number of anilines is 1. The average Bonchev–Trinajstić information content (AvgIpc) is 2.70. The molecule has 7 nitrogen and oxygen atoms in total. The summed E-state index contributed by atoms with van der Waals surface area (Å²) < 4.78 is 5.08. The highest BCUT2D eigenvalue weighted by atomic mass is 35.5. The van der Waals surface area contributed by atoms with E-state index in [1.165, 1.54) is 6.08 Å². The minimum Gasteiger partial charge on any atom is -0.444 e. The van der Waals surface area contributed by atoms with Crippen LogP contribution in [0.15, 0.2) is 54.6 Å². The summed E-state index contributed by atoms with van der Waals surface area (Å²) in [5.41, 5.74) is 1.51. The number of para-hydroxylation sites is 1. The summed E-state index contributed by atoms with van der Waals surface area (Å²) in [7, 11) is 0. The van der Waals surface area contributed by atoms with E-state index in [0.29, 0.717) is 10.7 Å². The van der Waals surface area contributed by atoms with Crippen LogP contribution in [0.1, 0.15) is 31.9 Å². The first-order valence-corrected chi connectivity index (χ1v) is 10.1. The Morgan fingerprint density at radius 3 is 2.35 bits per heavy atom. The molecule has 0 fully saturated rings. The summed E-state index contributed by atoms with van der Waals surface area (Å²) in [6, 6.07) is 14.2. The molecule has 8 heteroatoms. The number of hydrogen-bond donors (Lipinski definition) is 3. The molecule has 0 saturated carbocycles. The maximum atomic E-state index is 12.3. The number of benzene rings is 2. The molecule has 0 radical (unpaired) electrons. The van der Waals surface area contributed by atoms with Gasteiger partial charge in [-0.25, -0.2) is 4.79 Å². The Morgan fingerprint density at radius 1 is 1.00 bits per heavy atom. The van der Waals surface area contributed by atoms with Gasteiger partial charge in [0.1, 0.15) is 12.1 Å². The lowest BCUT2D eigenvalue weighted by atomic mass is 10.1. The molecule has 2 aromatic rings. The van der Waals surface area contributed by atoms with Gasteiger partial charge in [-0.2, -0.15) is 0 Å². The van der Waals surface area contributed by atoms with Crippen LogP contribution >= 0.6 is 11.6 Å². The van der Waals surface area contributed by atoms with Gasteiger partial charge in [0, 0.05) is 23.3 Å². The van der Waals surface area contributed by atoms with E-state index in [0.717, 1.165) is 11.1 Å². The standard InChI is InChI=1S/C23H26ClN3O4/c1-23(2,3)31-22(30)26-15-21(29)25-14-17-6-4-5-7-19(17)27-20(28)13-10-16-8-11-18(24)12-9-16/h4-13H,14-15H2,1-3H3,(H,25,29)(H,26,30)(H,27,28)/b13-10+. The van der Waals surface area contributed by atoms with Gasteiger partial charge in [0.15, 0.2) is 0 Å². The minimum absolute atomic E-state index is 0.187. The number of ether oxygens (including phenoxy) is 1. The Balaban J connectivity index is 1.87. The molecule has 0 aliphatic rings. The maximum Gasteiger partial charge on any atom is 0.408 e. The Morgan fingerprint density at radius 2 is 1.68 bits per heavy atom. The zero-order chi connectivity index (χ0) is 22.9. The van der Waals surface area contributed by atoms with Crippen molar-refractivity contribution in [3.05, 3.63) is 70.8 Å². The minimum atomic E-state index is -0.664. The molecular weight excluding hydrogens is 418 g/mol. The van der Waals surface area contributed by atoms with Crippen LogP contribution in [-0.4, -0.2) is 30.1 Å². The summed E-state index contributed by atoms with van der Waals surface area (Å²) in [5, 5.41) is 8.52. The highest BCUT2D eigenvalue weighted by molar-refractivity contribution is 6.30. The van der Waals surface area contributed by atoms with E-state index in [1.54, 1.807) is 75.4 Å². The van der Waals surface area contributed by atoms with E-state index in [9.17, 15) is 14.4 Å². The van der Waals surface area contributed by atoms with Gasteiger partial charge in [-0.1, -0.05) is 41.9 Å². The number of hydrogen-bond acceptors (Lipinski definition) is 4. The Hall–Kier alpha value is -3.32. The van der Waals surface area contributed by atoms with Crippen LogP contribution in [-0.2, 0) is 20.9 Å². The lowest BCUT2D eigenvalue weighted by Crippen LogP contribution is -2.39. The van der Waals surface area contributed by atoms with Gasteiger partial charge in [-0.3, -0.25) is 9.59 Å². The monoisotopic (exact) mass is 443 g/mol. The molecule has 0 aliphatic carbocycles. The van der Waals surface area contributed by atoms with Gasteiger partial charge >= 0.3 is 6.09 Å². The molecule has 2 aromatic carbocycles. The third-order valence-corrected chi connectivity index (χ3v) is 4.09. The lowest BCUT2D eigenvalue weighted by molar-refractivity contribution is -0.120. The smallest absolute Gasteiger partial charge is 0.408 e. The quantitative estimate of drug-likeness (QED) is 0.560. The van der Waals surface area contributed by atoms with Gasteiger partial charge in [-0.05, 0) is 56.2 Å². The molecule has 0 spiro atoms. The molecule has 3 N–H and O–H groups in total. The number of nitrogens with one attached hydrogen (secondary N) is 3. The summed E-state index contributed by atoms with van der Waals surface area (Å²) in [6.07, 6.45) is 2.43. The van der Waals surface area contributed by atoms with E-state index in [-0.39, 0.29) is 24.9 Å². The van der Waals surface area contributed by atoms with Crippen LogP contribution in [0.25, 0.3) is 6.08 Å². The van der Waals surface area contributed by atoms with Crippen LogP contribution in [0.3, 0.4) is 0 Å². The molecule has 3 amide bonds. The summed E-state index contributed by atoms with van der Waals surface area (Å²) in [5.74, 6) is -0.685. The normalized spacial score (nSPS) is 11.1. The van der Waals surface area contributed by atoms with Crippen molar-refractivity contribution < 1.29 is 19.1 Å². The summed E-state index contributed by atoms with van der Waals surface area (Å²) in [4.78, 5) is 35.9. The molecular formula is C23H26ClN3O4. The molecule has 0 saturated heterocycles. The van der Waals surface area contributed by atoms with Crippen LogP contribution in [0.5, 0.6) is 0 Å². The van der Waals surface area contributed by atoms with Gasteiger partial charge < -0.3 is 20.7 Å². The van der Waals surface area contributed by atoms with Crippen molar-refractivity contribution in [3.8, 4) is 0 Å². The molecule has 31 heavy (non-hydrogen) atoms. The number of rotatable bonds is 7. The fourth-order valence-corrected chi connectivity index (χ4v) is 2.57. The predicted molar refractivity (Wildman–Crippen MR) is 122 cm³/mol. The number of amides is 3. The maximum absolute atomic E-state index is 12.3. The first-order chi connectivity index (χ1) is 14.6. The number of alkyl carbamates (subject to hydrolysis) is 1. The molecule has 2 rings (SSSR count). The van der Waals surface area contributed by atoms with Crippen LogP contribution in [0.2, 0.25) is 5.02 Å². The van der Waals surface area contributed by atoms with E-state index < -0.39 is 11.7 Å². The molecule has 0 bridgehead atoms. The number of halogens is 1. The molecule has 0 heterocycles. The highest BCUT2D eigenvalue weighted by Gasteiger charge is 2.16. The second kappa shape index (κ2) is 11.2. The molecule has 0 unspecified atom stereocenters. The van der Waals surface area contributed by atoms with Crippen molar-refractivity contribution in [2.45, 2.75) is 32.9 Å². The van der Waals surface area contributed by atoms with Crippen LogP contribution in [0, 0.1) is 0 Å². The third-order valence-electron chi connectivity index (χ3n) is 3.84. The number of carbonyl (C=O) groups excluding carboxylic acids is 3. The first kappa shape index (κ1) is 24.0. The predicted octanol–water partition coefficient (Wildman–Crippen LogP) is 4.13. The van der Waals surface area contributed by atoms with Crippen molar-refractivity contribution in [2.24, 2.45) is 0 Å². The van der Waals surface area contributed by atoms with Crippen molar-refractivity contribution >= 4 is 41.3 Å². The largest absolute Gasteiger partial charge is 0.444 e. The first-order valence-electron chi connectivity index (χ1n) is 9.68. The SMILES string of the molecule is CC(C)(C)OC(=O)NCC(=O)NCc1ccccc1NC(=O)/C=C/c1ccc(Cl)cc1. The topological polar surface area (TPSA) is 96.5 Å². The lowest BCUT2D eigenvalue weighted by Gasteiger charge is -2.19. The molecule has 0 atom stereocenters. The fraction of sp³-hybridized carbons (Fsp3) is 0.261. The Labute approximate surface area is 186 Å². The zero-order valence-electron chi connectivity index (χ0n) is 17.7. The Kier molecular flexibility index (Phi) is 8.63. The van der Waals surface area contributed by atoms with Crippen LogP contribution < -0.4 is 16.0 Å². The summed E-state index contributed by atoms with van der Waals surface area (Å²) >= 11 is 5.85. The Bertz CT molecular complexity index is 950. The van der Waals surface area contributed by atoms with Gasteiger partial charge in [0.05, 0.1) is 0 Å². The molecule has 164 valence electrons. The van der Waals surface area contributed by atoms with Crippen molar-refractivity contribution in [1.29, 1.82) is 0 Å². The third kappa shape index (κ3) is 9.35. The van der Waals surface area contributed by atoms with E-state index in [2.05, 4.69) is 16.0 Å². The van der Waals surface area contributed by atoms with E-state index in [4.69, 9.17) is 16.3 Å². The van der Waals surface area contributed by atoms with Gasteiger partial charge in [0.25, 0.3) is 0 Å². The zero-order valence-corrected chi connectivity index (χ0v) is 18.5. The van der Waals surface area contributed by atoms with Crippen LogP contribution in [0.4, 0.5) is 10.5 Å². The second-order valence-electron chi connectivity index (χ2n) is 7.66. The van der Waals surface area contributed by atoms with E-state index in [1.807, 2.05) is 0 Å². The van der Waals surface area contributed by atoms with Gasteiger partial charge in [-0.15, -0.1) is 0 Å². The molecule has 0 aliphatic heterocycles. The van der Waals surface area contributed by atoms with Crippen molar-refractivity contribution in [3.63, 3.8) is 0 Å². The average molecular weight is 444 g/mol. The number of carbonyl (C=O) groups is 3. The molecule has 0 aromatic heterocycles. The van der Waals surface area contributed by atoms with Crippen molar-refractivity contribution in [1.82, 2.24) is 10.6 Å². The summed E-state index contributed by atoms with van der Waals surface area (Å²) in [6.45, 7) is 5.19. The van der Waals surface area contributed by atoms with E-state index >= 15 is 0 Å². The highest BCUT2D eigenvalue weighted by Crippen LogP contribution is 2.15.